The average Bonchev–Trinajstić information content (AvgIpc) is 2.01. The van der Waals surface area contributed by atoms with Crippen LogP contribution in [0.1, 0.15) is 5.56 Å². The molecular weight excluding hydrogens is 232 g/mol. The number of thiocarbonyl (C=S) groups is 1. The third-order valence-electron chi connectivity index (χ3n) is 1.43. The van der Waals surface area contributed by atoms with E-state index in [4.69, 9.17) is 17.3 Å². The molecule has 0 atom stereocenters. The van der Waals surface area contributed by atoms with E-state index in [0.29, 0.717) is 0 Å². The fourth-order valence-electron chi connectivity index (χ4n) is 0.893. The molecular formula is C8H6ClF2NOS. The van der Waals surface area contributed by atoms with E-state index < -0.39 is 6.61 Å². The van der Waals surface area contributed by atoms with Crippen LogP contribution in [0.15, 0.2) is 18.2 Å². The van der Waals surface area contributed by atoms with Gasteiger partial charge in [0.2, 0.25) is 0 Å². The molecule has 0 unspecified atom stereocenters. The molecule has 1 aromatic rings. The molecule has 0 aromatic heterocycles. The molecule has 0 saturated heterocycles. The first kappa shape index (κ1) is 11.1. The minimum absolute atomic E-state index is 0.0164. The van der Waals surface area contributed by atoms with E-state index >= 15 is 0 Å². The maximum Gasteiger partial charge on any atom is 0.387 e. The summed E-state index contributed by atoms with van der Waals surface area (Å²) >= 11 is 10.3. The topological polar surface area (TPSA) is 35.2 Å². The Morgan fingerprint density at radius 2 is 2.14 bits per heavy atom. The molecule has 0 bridgehead atoms. The van der Waals surface area contributed by atoms with Crippen LogP contribution in [0.25, 0.3) is 0 Å². The van der Waals surface area contributed by atoms with Crippen LogP contribution in [0.2, 0.25) is 5.02 Å². The van der Waals surface area contributed by atoms with Crippen molar-refractivity contribution in [3.63, 3.8) is 0 Å². The zero-order valence-electron chi connectivity index (χ0n) is 6.84. The smallest absolute Gasteiger partial charge is 0.387 e. The number of halogens is 3. The maximum absolute atomic E-state index is 11.9. The zero-order valence-corrected chi connectivity index (χ0v) is 8.41. The molecule has 0 aliphatic heterocycles. The van der Waals surface area contributed by atoms with E-state index in [1.165, 1.54) is 18.2 Å². The van der Waals surface area contributed by atoms with Crippen molar-refractivity contribution >= 4 is 28.8 Å². The molecule has 1 aromatic carbocycles. The highest BCUT2D eigenvalue weighted by atomic mass is 35.5. The highest BCUT2D eigenvalue weighted by Crippen LogP contribution is 2.24. The second kappa shape index (κ2) is 4.52. The summed E-state index contributed by atoms with van der Waals surface area (Å²) < 4.78 is 28.1. The first-order valence-corrected chi connectivity index (χ1v) is 4.33. The van der Waals surface area contributed by atoms with E-state index in [1.54, 1.807) is 0 Å². The van der Waals surface area contributed by atoms with Gasteiger partial charge in [-0.1, -0.05) is 23.8 Å². The third kappa shape index (κ3) is 2.78. The maximum atomic E-state index is 11.9. The Balaban J connectivity index is 3.09. The van der Waals surface area contributed by atoms with Crippen LogP contribution in [0.4, 0.5) is 8.78 Å². The lowest BCUT2D eigenvalue weighted by Gasteiger charge is -2.09. The van der Waals surface area contributed by atoms with Crippen LogP contribution >= 0.6 is 23.8 Å². The van der Waals surface area contributed by atoms with Crippen LogP contribution in [0.3, 0.4) is 0 Å². The molecule has 0 heterocycles. The lowest BCUT2D eigenvalue weighted by molar-refractivity contribution is -0.0499. The molecule has 76 valence electrons. The second-order valence-electron chi connectivity index (χ2n) is 2.38. The van der Waals surface area contributed by atoms with Gasteiger partial charge < -0.3 is 10.5 Å². The molecule has 0 radical (unpaired) electrons. The summed E-state index contributed by atoms with van der Waals surface area (Å²) in [7, 11) is 0. The van der Waals surface area contributed by atoms with Crippen LogP contribution in [-0.2, 0) is 0 Å². The van der Waals surface area contributed by atoms with Gasteiger partial charge in [0.15, 0.2) is 0 Å². The Hall–Kier alpha value is -0.940. The van der Waals surface area contributed by atoms with Gasteiger partial charge >= 0.3 is 6.61 Å². The van der Waals surface area contributed by atoms with Gasteiger partial charge in [0.1, 0.15) is 10.7 Å². The van der Waals surface area contributed by atoms with Gasteiger partial charge in [0, 0.05) is 5.02 Å². The molecule has 14 heavy (non-hydrogen) atoms. The highest BCUT2D eigenvalue weighted by Gasteiger charge is 2.11. The molecule has 0 saturated carbocycles. The number of hydrogen-bond acceptors (Lipinski definition) is 2. The summed E-state index contributed by atoms with van der Waals surface area (Å²) in [6, 6.07) is 4.17. The van der Waals surface area contributed by atoms with E-state index in [1.807, 2.05) is 0 Å². The predicted octanol–water partition coefficient (Wildman–Crippen LogP) is 2.58. The minimum Gasteiger partial charge on any atom is -0.434 e. The number of rotatable bonds is 3. The van der Waals surface area contributed by atoms with Crippen molar-refractivity contribution in [2.75, 3.05) is 0 Å². The molecule has 0 aliphatic rings. The van der Waals surface area contributed by atoms with Crippen molar-refractivity contribution in [2.24, 2.45) is 5.73 Å². The monoisotopic (exact) mass is 237 g/mol. The van der Waals surface area contributed by atoms with E-state index in [0.717, 1.165) is 0 Å². The Bertz CT molecular complexity index is 359. The molecule has 0 fully saturated rings. The molecule has 2 N–H and O–H groups in total. The first-order chi connectivity index (χ1) is 6.50. The van der Waals surface area contributed by atoms with E-state index in [2.05, 4.69) is 17.0 Å². The molecule has 1 rings (SSSR count). The summed E-state index contributed by atoms with van der Waals surface area (Å²) in [6.07, 6.45) is 0. The minimum atomic E-state index is -2.93. The van der Waals surface area contributed by atoms with Gasteiger partial charge in [-0.2, -0.15) is 8.78 Å². The molecule has 0 aliphatic carbocycles. The standard InChI is InChI=1S/C8H6ClF2NOS/c9-4-1-2-5(7(12)14)6(3-4)13-8(10)11/h1-3,8H,(H2,12,14). The third-order valence-corrected chi connectivity index (χ3v) is 1.88. The first-order valence-electron chi connectivity index (χ1n) is 3.55. The van der Waals surface area contributed by atoms with Gasteiger partial charge in [-0.25, -0.2) is 0 Å². The largest absolute Gasteiger partial charge is 0.434 e. The Morgan fingerprint density at radius 3 is 2.64 bits per heavy atom. The van der Waals surface area contributed by atoms with Crippen molar-refractivity contribution in [3.8, 4) is 5.75 Å². The zero-order chi connectivity index (χ0) is 10.7. The van der Waals surface area contributed by atoms with Gasteiger partial charge in [-0.05, 0) is 18.2 Å². The SMILES string of the molecule is NC(=S)c1ccc(Cl)cc1OC(F)F. The van der Waals surface area contributed by atoms with Crippen molar-refractivity contribution in [1.29, 1.82) is 0 Å². The lowest BCUT2D eigenvalue weighted by Crippen LogP contribution is -2.13. The Kier molecular flexibility index (Phi) is 3.60. The molecule has 0 spiro atoms. The average molecular weight is 238 g/mol. The normalized spacial score (nSPS) is 10.3. The van der Waals surface area contributed by atoms with Crippen molar-refractivity contribution < 1.29 is 13.5 Å². The van der Waals surface area contributed by atoms with Gasteiger partial charge in [0.05, 0.1) is 5.56 Å². The molecule has 2 nitrogen and oxygen atoms in total. The quantitative estimate of drug-likeness (QED) is 0.821. The van der Waals surface area contributed by atoms with Crippen molar-refractivity contribution in [3.05, 3.63) is 28.8 Å². The summed E-state index contributed by atoms with van der Waals surface area (Å²) in [5.41, 5.74) is 5.54. The number of ether oxygens (including phenoxy) is 1. The van der Waals surface area contributed by atoms with Crippen LogP contribution in [0, 0.1) is 0 Å². The molecule has 0 amide bonds. The van der Waals surface area contributed by atoms with Crippen LogP contribution < -0.4 is 10.5 Å². The van der Waals surface area contributed by atoms with Crippen LogP contribution in [0.5, 0.6) is 5.75 Å². The predicted molar refractivity (Wildman–Crippen MR) is 54.0 cm³/mol. The number of alkyl halides is 2. The van der Waals surface area contributed by atoms with Crippen LogP contribution in [-0.4, -0.2) is 11.6 Å². The van der Waals surface area contributed by atoms with E-state index in [-0.39, 0.29) is 21.3 Å². The van der Waals surface area contributed by atoms with Crippen molar-refractivity contribution in [1.82, 2.24) is 0 Å². The number of hydrogen-bond donors (Lipinski definition) is 1. The van der Waals surface area contributed by atoms with Crippen molar-refractivity contribution in [2.45, 2.75) is 6.61 Å². The van der Waals surface area contributed by atoms with Gasteiger partial charge in [-0.15, -0.1) is 0 Å². The summed E-state index contributed by atoms with van der Waals surface area (Å²) in [5.74, 6) is -0.111. The van der Waals surface area contributed by atoms with E-state index in [9.17, 15) is 8.78 Å². The summed E-state index contributed by atoms with van der Waals surface area (Å²) in [5, 5.41) is 0.278. The molecule has 6 heteroatoms. The lowest BCUT2D eigenvalue weighted by atomic mass is 10.2. The second-order valence-corrected chi connectivity index (χ2v) is 3.26. The van der Waals surface area contributed by atoms with Gasteiger partial charge in [-0.3, -0.25) is 0 Å². The number of benzene rings is 1. The Labute approximate surface area is 89.6 Å². The Morgan fingerprint density at radius 1 is 1.50 bits per heavy atom. The number of nitrogens with two attached hydrogens (primary N) is 1. The summed E-state index contributed by atoms with van der Waals surface area (Å²) in [6.45, 7) is -2.93. The fraction of sp³-hybridized carbons (Fsp3) is 0.125. The highest BCUT2D eigenvalue weighted by molar-refractivity contribution is 7.80. The summed E-state index contributed by atoms with van der Waals surface area (Å²) in [4.78, 5) is -0.0164. The van der Waals surface area contributed by atoms with Gasteiger partial charge in [0.25, 0.3) is 0 Å². The fourth-order valence-corrected chi connectivity index (χ4v) is 1.22.